The van der Waals surface area contributed by atoms with Crippen molar-refractivity contribution in [2.45, 2.75) is 4.90 Å². The molecule has 0 spiro atoms. The Morgan fingerprint density at radius 2 is 1.59 bits per heavy atom. The van der Waals surface area contributed by atoms with Crippen LogP contribution in [0.1, 0.15) is 11.1 Å². The second-order valence-corrected chi connectivity index (χ2v) is 9.66. The Kier molecular flexibility index (Phi) is 6.81. The van der Waals surface area contributed by atoms with Gasteiger partial charge < -0.3 is 4.18 Å². The first kappa shape index (κ1) is 21.6. The second kappa shape index (κ2) is 9.14. The zero-order chi connectivity index (χ0) is 21.0. The molecule has 8 heteroatoms. The molecule has 0 saturated carbocycles. The average Bonchev–Trinajstić information content (AvgIpc) is 2.69. The van der Waals surface area contributed by atoms with E-state index in [-0.39, 0.29) is 10.6 Å². The summed E-state index contributed by atoms with van der Waals surface area (Å²) in [5.74, 6) is 0.105. The Hall–Kier alpha value is -2.11. The zero-order valence-corrected chi connectivity index (χ0v) is 19.4. The van der Waals surface area contributed by atoms with Crippen molar-refractivity contribution in [3.63, 3.8) is 0 Å². The summed E-state index contributed by atoms with van der Waals surface area (Å²) in [6.45, 7) is 0. The summed E-state index contributed by atoms with van der Waals surface area (Å²) in [5, 5.41) is 10.0. The Bertz CT molecular complexity index is 1220. The number of nitrogens with zero attached hydrogens (tertiary/aromatic N) is 1. The van der Waals surface area contributed by atoms with Crippen molar-refractivity contribution in [1.82, 2.24) is 0 Å². The van der Waals surface area contributed by atoms with Gasteiger partial charge in [-0.15, -0.1) is 0 Å². The molecule has 0 saturated heterocycles. The van der Waals surface area contributed by atoms with E-state index in [1.807, 2.05) is 12.1 Å². The maximum absolute atomic E-state index is 12.6. The predicted octanol–water partition coefficient (Wildman–Crippen LogP) is 6.70. The van der Waals surface area contributed by atoms with Crippen LogP contribution in [0.15, 0.2) is 80.6 Å². The highest BCUT2D eigenvalue weighted by Crippen LogP contribution is 2.30. The van der Waals surface area contributed by atoms with Crippen molar-refractivity contribution in [2.24, 2.45) is 0 Å². The Morgan fingerprint density at radius 1 is 0.966 bits per heavy atom. The Labute approximate surface area is 190 Å². The van der Waals surface area contributed by atoms with Crippen LogP contribution >= 0.6 is 43.5 Å². The number of nitriles is 1. The van der Waals surface area contributed by atoms with Crippen molar-refractivity contribution in [3.05, 3.63) is 91.8 Å². The average molecular weight is 554 g/mol. The molecule has 0 atom stereocenters. The van der Waals surface area contributed by atoms with E-state index in [0.29, 0.717) is 26.2 Å². The van der Waals surface area contributed by atoms with E-state index >= 15 is 0 Å². The Morgan fingerprint density at radius 3 is 2.21 bits per heavy atom. The van der Waals surface area contributed by atoms with Crippen LogP contribution in [0.2, 0.25) is 5.02 Å². The van der Waals surface area contributed by atoms with Gasteiger partial charge in [0.25, 0.3) is 0 Å². The van der Waals surface area contributed by atoms with Gasteiger partial charge in [-0.2, -0.15) is 13.7 Å². The minimum absolute atomic E-state index is 0.0202. The van der Waals surface area contributed by atoms with Crippen molar-refractivity contribution in [1.29, 1.82) is 5.26 Å². The van der Waals surface area contributed by atoms with Gasteiger partial charge in [0.1, 0.15) is 10.6 Å². The van der Waals surface area contributed by atoms with E-state index in [0.717, 1.165) is 4.47 Å². The first-order valence-corrected chi connectivity index (χ1v) is 11.5. The first-order valence-electron chi connectivity index (χ1n) is 8.16. The maximum atomic E-state index is 12.6. The van der Waals surface area contributed by atoms with Crippen molar-refractivity contribution >= 4 is 65.2 Å². The van der Waals surface area contributed by atoms with Gasteiger partial charge in [-0.05, 0) is 66.2 Å². The van der Waals surface area contributed by atoms with E-state index in [1.54, 1.807) is 30.3 Å². The van der Waals surface area contributed by atoms with Gasteiger partial charge in [0, 0.05) is 19.5 Å². The van der Waals surface area contributed by atoms with E-state index < -0.39 is 10.1 Å². The first-order chi connectivity index (χ1) is 13.8. The number of benzene rings is 3. The van der Waals surface area contributed by atoms with Crippen LogP contribution < -0.4 is 4.18 Å². The van der Waals surface area contributed by atoms with E-state index in [9.17, 15) is 13.7 Å². The fourth-order valence-corrected chi connectivity index (χ4v) is 4.16. The Balaban J connectivity index is 2.03. The lowest BCUT2D eigenvalue weighted by atomic mass is 10.0. The van der Waals surface area contributed by atoms with Crippen LogP contribution in [-0.4, -0.2) is 8.42 Å². The summed E-state index contributed by atoms with van der Waals surface area (Å²) >= 11 is 12.6. The van der Waals surface area contributed by atoms with Gasteiger partial charge in [0.05, 0.1) is 11.6 Å². The van der Waals surface area contributed by atoms with Crippen molar-refractivity contribution in [3.8, 4) is 11.8 Å². The van der Waals surface area contributed by atoms with Gasteiger partial charge in [0.15, 0.2) is 0 Å². The second-order valence-electron chi connectivity index (χ2n) is 5.85. The largest absolute Gasteiger partial charge is 0.378 e. The number of halogens is 3. The quantitative estimate of drug-likeness (QED) is 0.200. The maximum Gasteiger partial charge on any atom is 0.339 e. The van der Waals surface area contributed by atoms with Crippen LogP contribution in [0.25, 0.3) is 11.6 Å². The van der Waals surface area contributed by atoms with Crippen LogP contribution in [0.4, 0.5) is 0 Å². The molecule has 0 bridgehead atoms. The highest BCUT2D eigenvalue weighted by atomic mass is 79.9. The summed E-state index contributed by atoms with van der Waals surface area (Å²) in [5.41, 5.74) is 1.50. The molecular weight excluding hydrogens is 542 g/mol. The molecule has 0 aliphatic carbocycles. The molecule has 0 aliphatic rings. The molecular formula is C21H12Br2ClNO3S. The van der Waals surface area contributed by atoms with Gasteiger partial charge in [0.2, 0.25) is 0 Å². The number of allylic oxidation sites excluding steroid dienone is 1. The minimum atomic E-state index is -4.07. The summed E-state index contributed by atoms with van der Waals surface area (Å²) < 4.78 is 32.3. The molecule has 0 aromatic heterocycles. The van der Waals surface area contributed by atoms with Gasteiger partial charge in [-0.25, -0.2) is 0 Å². The third-order valence-electron chi connectivity index (χ3n) is 3.85. The molecule has 146 valence electrons. The normalized spacial score (nSPS) is 11.7. The fourth-order valence-electron chi connectivity index (χ4n) is 2.44. The summed E-state index contributed by atoms with van der Waals surface area (Å²) in [6, 6.07) is 19.9. The molecule has 0 aliphatic heterocycles. The molecule has 0 N–H and O–H groups in total. The van der Waals surface area contributed by atoms with Crippen LogP contribution in [0.5, 0.6) is 5.75 Å². The molecule has 3 aromatic carbocycles. The van der Waals surface area contributed by atoms with E-state index in [1.165, 1.54) is 30.3 Å². The van der Waals surface area contributed by atoms with Crippen molar-refractivity contribution in [2.75, 3.05) is 0 Å². The summed E-state index contributed by atoms with van der Waals surface area (Å²) in [4.78, 5) is -0.0202. The summed E-state index contributed by atoms with van der Waals surface area (Å²) in [6.07, 6.45) is 1.58. The molecule has 0 radical (unpaired) electrons. The fraction of sp³-hybridized carbons (Fsp3) is 0. The van der Waals surface area contributed by atoms with Gasteiger partial charge in [-0.1, -0.05) is 55.6 Å². The molecule has 29 heavy (non-hydrogen) atoms. The highest BCUT2D eigenvalue weighted by molar-refractivity contribution is 9.10. The van der Waals surface area contributed by atoms with E-state index in [2.05, 4.69) is 37.9 Å². The minimum Gasteiger partial charge on any atom is -0.378 e. The van der Waals surface area contributed by atoms with Crippen LogP contribution in [0.3, 0.4) is 0 Å². The summed E-state index contributed by atoms with van der Waals surface area (Å²) in [7, 11) is -4.07. The van der Waals surface area contributed by atoms with Gasteiger partial charge in [-0.3, -0.25) is 0 Å². The van der Waals surface area contributed by atoms with Crippen LogP contribution in [-0.2, 0) is 10.1 Å². The number of rotatable bonds is 5. The monoisotopic (exact) mass is 551 g/mol. The highest BCUT2D eigenvalue weighted by Gasteiger charge is 2.18. The topological polar surface area (TPSA) is 67.2 Å². The molecule has 3 rings (SSSR count). The standard InChI is InChI=1S/C21H12Br2ClNO3S/c22-17-3-1-14(2-4-17)16(13-25)11-15-12-18(23)5-10-21(15)28-29(26,27)20-8-6-19(24)7-9-20/h1-12H/b16-11+. The lowest BCUT2D eigenvalue weighted by Crippen LogP contribution is -2.10. The zero-order valence-electron chi connectivity index (χ0n) is 14.6. The SMILES string of the molecule is N#C/C(=C\c1cc(Br)ccc1OS(=O)(=O)c1ccc(Cl)cc1)c1ccc(Br)cc1. The molecule has 0 heterocycles. The third-order valence-corrected chi connectivity index (χ3v) is 6.37. The third kappa shape index (κ3) is 5.49. The lowest BCUT2D eigenvalue weighted by molar-refractivity contribution is 0.485. The molecule has 0 unspecified atom stereocenters. The van der Waals surface area contributed by atoms with E-state index in [4.69, 9.17) is 15.8 Å². The van der Waals surface area contributed by atoms with Crippen molar-refractivity contribution < 1.29 is 12.6 Å². The smallest absolute Gasteiger partial charge is 0.339 e. The molecule has 0 amide bonds. The molecule has 3 aromatic rings. The van der Waals surface area contributed by atoms with Crippen LogP contribution in [0, 0.1) is 11.3 Å². The molecule has 4 nitrogen and oxygen atoms in total. The number of hydrogen-bond acceptors (Lipinski definition) is 4. The molecule has 0 fully saturated rings. The number of hydrogen-bond donors (Lipinski definition) is 0. The predicted molar refractivity (Wildman–Crippen MR) is 121 cm³/mol. The van der Waals surface area contributed by atoms with Gasteiger partial charge >= 0.3 is 10.1 Å². The lowest BCUT2D eigenvalue weighted by Gasteiger charge is -2.11.